The molecule has 0 bridgehead atoms. The molecule has 1 spiro atoms. The first kappa shape index (κ1) is 16.9. The lowest BCUT2D eigenvalue weighted by atomic mass is 9.86. The van der Waals surface area contributed by atoms with Gasteiger partial charge in [0.2, 0.25) is 0 Å². The minimum Gasteiger partial charge on any atom is -0.369 e. The van der Waals surface area contributed by atoms with Gasteiger partial charge in [0.15, 0.2) is 0 Å². The standard InChI is InChI=1S/C19H19N3OS.ClH/c1-2-4-15-14(3-1)21-12-16(22-15)17-11-13-5-10-23-19(18(13)24-17)6-8-20-9-7-19;/h1-4,11-12,20H,5-10H2;1H. The number of rotatable bonds is 1. The SMILES string of the molecule is Cl.c1ccc2nc(-c3cc4c(s3)C3(CCNCC3)OCC4)cnc2c1. The second-order valence-corrected chi connectivity index (χ2v) is 7.60. The number of benzene rings is 1. The molecule has 0 radical (unpaired) electrons. The largest absolute Gasteiger partial charge is 0.369 e. The molecule has 2 aliphatic rings. The lowest BCUT2D eigenvalue weighted by Crippen LogP contribution is -2.43. The minimum atomic E-state index is -0.0774. The summed E-state index contributed by atoms with van der Waals surface area (Å²) in [5.74, 6) is 0. The summed E-state index contributed by atoms with van der Waals surface area (Å²) in [5.41, 5.74) is 4.23. The topological polar surface area (TPSA) is 47.0 Å². The maximum Gasteiger partial charge on any atom is 0.105 e. The van der Waals surface area contributed by atoms with Crippen molar-refractivity contribution in [1.82, 2.24) is 15.3 Å². The average Bonchev–Trinajstić information content (AvgIpc) is 3.08. The van der Waals surface area contributed by atoms with Crippen molar-refractivity contribution in [2.75, 3.05) is 19.7 Å². The first-order valence-corrected chi connectivity index (χ1v) is 9.36. The molecule has 25 heavy (non-hydrogen) atoms. The van der Waals surface area contributed by atoms with E-state index in [4.69, 9.17) is 9.72 Å². The molecular weight excluding hydrogens is 354 g/mol. The molecule has 0 amide bonds. The summed E-state index contributed by atoms with van der Waals surface area (Å²) in [7, 11) is 0. The Morgan fingerprint density at radius 1 is 1.12 bits per heavy atom. The smallest absolute Gasteiger partial charge is 0.105 e. The van der Waals surface area contributed by atoms with E-state index in [0.29, 0.717) is 0 Å². The predicted octanol–water partition coefficient (Wildman–Crippen LogP) is 3.93. The number of thiophene rings is 1. The van der Waals surface area contributed by atoms with Crippen LogP contribution in [0.3, 0.4) is 0 Å². The second-order valence-electron chi connectivity index (χ2n) is 6.55. The van der Waals surface area contributed by atoms with Crippen LogP contribution in [0.15, 0.2) is 36.5 Å². The number of halogens is 1. The molecular formula is C19H20ClN3OS. The highest BCUT2D eigenvalue weighted by Crippen LogP contribution is 2.46. The monoisotopic (exact) mass is 373 g/mol. The van der Waals surface area contributed by atoms with Gasteiger partial charge in [-0.1, -0.05) is 12.1 Å². The number of hydrogen-bond donors (Lipinski definition) is 1. The predicted molar refractivity (Wildman–Crippen MR) is 104 cm³/mol. The van der Waals surface area contributed by atoms with Crippen molar-refractivity contribution in [3.05, 3.63) is 47.0 Å². The number of para-hydroxylation sites is 2. The summed E-state index contributed by atoms with van der Waals surface area (Å²) in [4.78, 5) is 12.0. The van der Waals surface area contributed by atoms with E-state index >= 15 is 0 Å². The van der Waals surface area contributed by atoms with Crippen LogP contribution in [0, 0.1) is 0 Å². The Morgan fingerprint density at radius 2 is 1.92 bits per heavy atom. The van der Waals surface area contributed by atoms with Gasteiger partial charge in [-0.15, -0.1) is 23.7 Å². The van der Waals surface area contributed by atoms with E-state index in [0.717, 1.165) is 55.7 Å². The fourth-order valence-electron chi connectivity index (χ4n) is 3.83. The van der Waals surface area contributed by atoms with Crippen LogP contribution in [0.1, 0.15) is 23.3 Å². The maximum absolute atomic E-state index is 6.29. The normalized spacial score (nSPS) is 18.7. The van der Waals surface area contributed by atoms with E-state index in [1.54, 1.807) is 0 Å². The zero-order valence-corrected chi connectivity index (χ0v) is 15.5. The van der Waals surface area contributed by atoms with E-state index in [-0.39, 0.29) is 18.0 Å². The van der Waals surface area contributed by atoms with Crippen LogP contribution in [0.4, 0.5) is 0 Å². The summed E-state index contributed by atoms with van der Waals surface area (Å²) in [5, 5.41) is 3.45. The fourth-order valence-corrected chi connectivity index (χ4v) is 5.19. The number of aromatic nitrogens is 2. The van der Waals surface area contributed by atoms with Crippen LogP contribution in [0.5, 0.6) is 0 Å². The van der Waals surface area contributed by atoms with Crippen molar-refractivity contribution in [2.24, 2.45) is 0 Å². The highest BCUT2D eigenvalue weighted by molar-refractivity contribution is 7.15. The third-order valence-electron chi connectivity index (χ3n) is 5.08. The van der Waals surface area contributed by atoms with Gasteiger partial charge in [-0.25, -0.2) is 4.98 Å². The van der Waals surface area contributed by atoms with Gasteiger partial charge in [-0.05, 0) is 56.1 Å². The molecule has 4 heterocycles. The Kier molecular flexibility index (Phi) is 4.50. The number of nitrogens with one attached hydrogen (secondary N) is 1. The minimum absolute atomic E-state index is 0. The molecule has 1 N–H and O–H groups in total. The number of nitrogens with zero attached hydrogens (tertiary/aromatic N) is 2. The quantitative estimate of drug-likeness (QED) is 0.702. The molecule has 1 saturated heterocycles. The van der Waals surface area contributed by atoms with Crippen molar-refractivity contribution in [3.63, 3.8) is 0 Å². The molecule has 1 fully saturated rings. The lowest BCUT2D eigenvalue weighted by molar-refractivity contribution is -0.0771. The van der Waals surface area contributed by atoms with Crippen LogP contribution in [0.25, 0.3) is 21.6 Å². The lowest BCUT2D eigenvalue weighted by Gasteiger charge is -2.40. The van der Waals surface area contributed by atoms with Crippen molar-refractivity contribution < 1.29 is 4.74 Å². The zero-order chi connectivity index (χ0) is 16.0. The van der Waals surface area contributed by atoms with Gasteiger partial charge in [-0.2, -0.15) is 0 Å². The van der Waals surface area contributed by atoms with E-state index in [1.165, 1.54) is 15.3 Å². The molecule has 1 aromatic carbocycles. The molecule has 5 rings (SSSR count). The molecule has 0 atom stereocenters. The number of piperidine rings is 1. The van der Waals surface area contributed by atoms with Gasteiger partial charge in [0, 0.05) is 4.88 Å². The van der Waals surface area contributed by atoms with Crippen molar-refractivity contribution >= 4 is 34.8 Å². The third-order valence-corrected chi connectivity index (χ3v) is 6.47. The van der Waals surface area contributed by atoms with Crippen LogP contribution in [0.2, 0.25) is 0 Å². The van der Waals surface area contributed by atoms with Crippen molar-refractivity contribution in [1.29, 1.82) is 0 Å². The van der Waals surface area contributed by atoms with E-state index < -0.39 is 0 Å². The van der Waals surface area contributed by atoms with E-state index in [9.17, 15) is 0 Å². The maximum atomic E-state index is 6.29. The molecule has 6 heteroatoms. The molecule has 0 saturated carbocycles. The second kappa shape index (κ2) is 6.65. The van der Waals surface area contributed by atoms with Gasteiger partial charge in [-0.3, -0.25) is 4.98 Å². The highest BCUT2D eigenvalue weighted by Gasteiger charge is 2.40. The van der Waals surface area contributed by atoms with Gasteiger partial charge in [0.25, 0.3) is 0 Å². The Bertz CT molecular complexity index is 905. The summed E-state index contributed by atoms with van der Waals surface area (Å²) in [6.07, 6.45) is 5.02. The van der Waals surface area contributed by atoms with Crippen LogP contribution >= 0.6 is 23.7 Å². The zero-order valence-electron chi connectivity index (χ0n) is 13.8. The average molecular weight is 374 g/mol. The van der Waals surface area contributed by atoms with Gasteiger partial charge in [0.1, 0.15) is 5.60 Å². The summed E-state index contributed by atoms with van der Waals surface area (Å²) in [6.45, 7) is 2.89. The number of hydrogen-bond acceptors (Lipinski definition) is 5. The Hall–Kier alpha value is -1.53. The number of fused-ring (bicyclic) bond motifs is 3. The molecule has 4 nitrogen and oxygen atoms in total. The van der Waals surface area contributed by atoms with Crippen LogP contribution in [-0.2, 0) is 16.8 Å². The summed E-state index contributed by atoms with van der Waals surface area (Å²) >= 11 is 1.85. The summed E-state index contributed by atoms with van der Waals surface area (Å²) in [6, 6.07) is 10.3. The van der Waals surface area contributed by atoms with Crippen LogP contribution in [-0.4, -0.2) is 29.7 Å². The first-order valence-electron chi connectivity index (χ1n) is 8.54. The number of ether oxygens (including phenoxy) is 1. The van der Waals surface area contributed by atoms with Gasteiger partial charge < -0.3 is 10.1 Å². The van der Waals surface area contributed by atoms with Crippen molar-refractivity contribution in [2.45, 2.75) is 24.9 Å². The third kappa shape index (κ3) is 2.85. The highest BCUT2D eigenvalue weighted by atomic mass is 35.5. The molecule has 2 aromatic heterocycles. The Balaban J connectivity index is 0.00000157. The van der Waals surface area contributed by atoms with E-state index in [2.05, 4.69) is 16.4 Å². The Labute approximate surface area is 157 Å². The molecule has 0 unspecified atom stereocenters. The first-order chi connectivity index (χ1) is 11.8. The van der Waals surface area contributed by atoms with Crippen molar-refractivity contribution in [3.8, 4) is 10.6 Å². The van der Waals surface area contributed by atoms with Gasteiger partial charge in [0.05, 0.1) is 34.4 Å². The van der Waals surface area contributed by atoms with Gasteiger partial charge >= 0.3 is 0 Å². The molecule has 0 aliphatic carbocycles. The Morgan fingerprint density at radius 3 is 2.76 bits per heavy atom. The molecule has 2 aliphatic heterocycles. The molecule has 130 valence electrons. The summed E-state index contributed by atoms with van der Waals surface area (Å²) < 4.78 is 6.29. The molecule has 3 aromatic rings. The fraction of sp³-hybridized carbons (Fsp3) is 0.368. The van der Waals surface area contributed by atoms with E-state index in [1.807, 2.05) is 41.8 Å². The van der Waals surface area contributed by atoms with Crippen LogP contribution < -0.4 is 5.32 Å².